The molecule has 6 amide bonds. The molecule has 1 unspecified atom stereocenters. The Labute approximate surface area is 299 Å². The summed E-state index contributed by atoms with van der Waals surface area (Å²) in [7, 11) is 0. The first-order valence-electron chi connectivity index (χ1n) is 16.4. The lowest BCUT2D eigenvalue weighted by Crippen LogP contribution is -2.70. The predicted octanol–water partition coefficient (Wildman–Crippen LogP) is 1.82. The number of nitrogens with zero attached hydrogens (tertiary/aromatic N) is 2. The Bertz CT molecular complexity index is 1330. The van der Waals surface area contributed by atoms with Crippen LogP contribution in [0, 0.1) is 0 Å². The van der Waals surface area contributed by atoms with Crippen molar-refractivity contribution in [2.24, 2.45) is 0 Å². The Hall–Kier alpha value is -5.30. The van der Waals surface area contributed by atoms with Crippen molar-refractivity contribution >= 4 is 59.7 Å². The normalized spacial score (nSPS) is 15.5. The number of ether oxygens (including phenoxy) is 2. The summed E-state index contributed by atoms with van der Waals surface area (Å²) in [6.45, 7) is 9.83. The molecule has 2 rings (SSSR count). The third-order valence-electron chi connectivity index (χ3n) is 7.28. The fraction of sp³-hybridized carbons (Fsp3) is 0.688. The van der Waals surface area contributed by atoms with E-state index in [9.17, 15) is 53.1 Å². The van der Waals surface area contributed by atoms with Crippen molar-refractivity contribution in [3.05, 3.63) is 0 Å². The number of imide groups is 2. The Morgan fingerprint density at radius 2 is 0.865 bits per heavy atom. The molecule has 2 aliphatic heterocycles. The first-order chi connectivity index (χ1) is 23.8. The number of alkyl carbamates (subject to hydrolysis) is 2. The highest BCUT2D eigenvalue weighted by molar-refractivity contribution is 6.11. The molecule has 52 heavy (non-hydrogen) atoms. The standard InChI is InChI=1S/C20H27N3O10.C12H21NO6/c1-19(2,3)33-18(32)21-11(4-9-16(28)29)10-20(17(30)31,22-12(24)5-6-13(22)25)23-14(26)7-8-15(23)27;1-12(2,3)19-11(18)13-8(4-6-9(14)15)5-7-10(16)17/h11H,4-10H2,1-3H3,(H,21,32)(H,28,29)(H,30,31);8H,4-7H2,1-3H3,(H,13,18)(H,14,15)(H,16,17). The van der Waals surface area contributed by atoms with Crippen molar-refractivity contribution in [3.8, 4) is 0 Å². The summed E-state index contributed by atoms with van der Waals surface area (Å²) in [5.41, 5.74) is -4.35. The fourth-order valence-corrected chi connectivity index (χ4v) is 5.24. The van der Waals surface area contributed by atoms with Crippen LogP contribution in [0.1, 0.15) is 112 Å². The number of carbonyl (C=O) groups is 10. The van der Waals surface area contributed by atoms with Crippen LogP contribution in [-0.2, 0) is 47.8 Å². The molecule has 0 aromatic rings. The Kier molecular flexibility index (Phi) is 16.2. The summed E-state index contributed by atoms with van der Waals surface area (Å²) in [6, 6.07) is -1.81. The van der Waals surface area contributed by atoms with Crippen LogP contribution in [-0.4, -0.2) is 119 Å². The van der Waals surface area contributed by atoms with Gasteiger partial charge in [-0.1, -0.05) is 0 Å². The van der Waals surface area contributed by atoms with Crippen molar-refractivity contribution in [2.75, 3.05) is 0 Å². The number of carboxylic acid groups (broad SMARTS) is 4. The van der Waals surface area contributed by atoms with E-state index in [-0.39, 0.29) is 57.8 Å². The number of hydrogen-bond donors (Lipinski definition) is 6. The van der Waals surface area contributed by atoms with E-state index in [2.05, 4.69) is 10.6 Å². The average Bonchev–Trinajstić information content (AvgIpc) is 3.49. The second-order valence-corrected chi connectivity index (χ2v) is 14.1. The largest absolute Gasteiger partial charge is 0.481 e. The molecule has 2 fully saturated rings. The van der Waals surface area contributed by atoms with Gasteiger partial charge >= 0.3 is 36.1 Å². The van der Waals surface area contributed by atoms with E-state index in [1.165, 1.54) is 0 Å². The molecular formula is C32H48N4O16. The molecule has 20 heteroatoms. The monoisotopic (exact) mass is 744 g/mol. The summed E-state index contributed by atoms with van der Waals surface area (Å²) in [4.78, 5) is 120. The number of likely N-dealkylation sites (tertiary alicyclic amines) is 2. The lowest BCUT2D eigenvalue weighted by Gasteiger charge is -2.43. The zero-order valence-electron chi connectivity index (χ0n) is 30.0. The van der Waals surface area contributed by atoms with Crippen molar-refractivity contribution < 1.29 is 77.8 Å². The molecule has 0 aromatic heterocycles. The molecule has 2 saturated heterocycles. The van der Waals surface area contributed by atoms with Gasteiger partial charge in [0.2, 0.25) is 29.3 Å². The van der Waals surface area contributed by atoms with Gasteiger partial charge in [0, 0.05) is 63.5 Å². The molecule has 0 aliphatic carbocycles. The lowest BCUT2D eigenvalue weighted by atomic mass is 9.93. The first kappa shape index (κ1) is 44.7. The second kappa shape index (κ2) is 18.8. The zero-order valence-corrected chi connectivity index (χ0v) is 30.0. The van der Waals surface area contributed by atoms with Gasteiger partial charge in [0.05, 0.1) is 0 Å². The van der Waals surface area contributed by atoms with Crippen molar-refractivity contribution in [1.82, 2.24) is 20.4 Å². The van der Waals surface area contributed by atoms with Crippen LogP contribution < -0.4 is 10.6 Å². The molecule has 6 N–H and O–H groups in total. The van der Waals surface area contributed by atoms with Crippen LogP contribution >= 0.6 is 0 Å². The molecule has 2 aliphatic rings. The van der Waals surface area contributed by atoms with Crippen molar-refractivity contribution in [2.45, 2.75) is 141 Å². The topological polar surface area (TPSA) is 301 Å². The quantitative estimate of drug-likeness (QED) is 0.123. The first-order valence-corrected chi connectivity index (χ1v) is 16.4. The van der Waals surface area contributed by atoms with E-state index in [0.717, 1.165) is 0 Å². The second-order valence-electron chi connectivity index (χ2n) is 14.1. The van der Waals surface area contributed by atoms with Crippen LogP contribution in [0.2, 0.25) is 0 Å². The molecule has 0 aromatic carbocycles. The molecular weight excluding hydrogens is 696 g/mol. The van der Waals surface area contributed by atoms with Gasteiger partial charge in [-0.15, -0.1) is 0 Å². The minimum atomic E-state index is -2.76. The SMILES string of the molecule is CC(C)(C)OC(=O)NC(CCC(=O)O)CC(C(=O)O)(N1C(=O)CCC1=O)N1C(=O)CCC1=O.CC(C)(C)OC(=O)NC(CCC(=O)O)CCC(=O)O. The maximum atomic E-state index is 12.6. The maximum absolute atomic E-state index is 12.6. The third kappa shape index (κ3) is 14.5. The van der Waals surface area contributed by atoms with Crippen LogP contribution in [0.15, 0.2) is 0 Å². The number of carboxylic acids is 4. The highest BCUT2D eigenvalue weighted by Crippen LogP contribution is 2.36. The smallest absolute Gasteiger partial charge is 0.407 e. The van der Waals surface area contributed by atoms with E-state index < -0.39 is 101 Å². The van der Waals surface area contributed by atoms with Crippen LogP contribution in [0.5, 0.6) is 0 Å². The summed E-state index contributed by atoms with van der Waals surface area (Å²) in [6.07, 6.45) is -4.52. The minimum Gasteiger partial charge on any atom is -0.481 e. The molecule has 292 valence electrons. The average molecular weight is 745 g/mol. The molecule has 20 nitrogen and oxygen atoms in total. The highest BCUT2D eigenvalue weighted by atomic mass is 16.6. The van der Waals surface area contributed by atoms with Gasteiger partial charge in [-0.3, -0.25) is 33.6 Å². The van der Waals surface area contributed by atoms with Crippen molar-refractivity contribution in [3.63, 3.8) is 0 Å². The number of amides is 6. The van der Waals surface area contributed by atoms with E-state index in [0.29, 0.717) is 9.80 Å². The van der Waals surface area contributed by atoms with Crippen LogP contribution in [0.3, 0.4) is 0 Å². The van der Waals surface area contributed by atoms with Gasteiger partial charge in [0.1, 0.15) is 11.2 Å². The number of aliphatic carboxylic acids is 4. The predicted molar refractivity (Wildman–Crippen MR) is 174 cm³/mol. The maximum Gasteiger partial charge on any atom is 0.407 e. The van der Waals surface area contributed by atoms with Gasteiger partial charge in [-0.25, -0.2) is 24.2 Å². The third-order valence-corrected chi connectivity index (χ3v) is 7.28. The number of rotatable bonds is 16. The van der Waals surface area contributed by atoms with Gasteiger partial charge in [-0.05, 0) is 60.8 Å². The number of nitrogens with one attached hydrogen (secondary N) is 2. The van der Waals surface area contributed by atoms with E-state index in [4.69, 9.17) is 24.8 Å². The van der Waals surface area contributed by atoms with Crippen molar-refractivity contribution in [1.29, 1.82) is 0 Å². The summed E-state index contributed by atoms with van der Waals surface area (Å²) in [5, 5.41) is 41.3. The van der Waals surface area contributed by atoms with Crippen LogP contribution in [0.4, 0.5) is 9.59 Å². The molecule has 1 atom stereocenters. The Balaban J connectivity index is 0.000000607. The number of hydrogen-bond acceptors (Lipinski definition) is 12. The summed E-state index contributed by atoms with van der Waals surface area (Å²) >= 11 is 0. The van der Waals surface area contributed by atoms with Gasteiger partial charge in [0.25, 0.3) is 0 Å². The molecule has 0 bridgehead atoms. The molecule has 0 spiro atoms. The lowest BCUT2D eigenvalue weighted by molar-refractivity contribution is -0.184. The van der Waals surface area contributed by atoms with E-state index in [1.807, 2.05) is 0 Å². The van der Waals surface area contributed by atoms with E-state index >= 15 is 0 Å². The summed E-state index contributed by atoms with van der Waals surface area (Å²) in [5.74, 6) is -8.67. The molecule has 0 saturated carbocycles. The fourth-order valence-electron chi connectivity index (χ4n) is 5.24. The highest BCUT2D eigenvalue weighted by Gasteiger charge is 2.61. The van der Waals surface area contributed by atoms with E-state index in [1.54, 1.807) is 41.5 Å². The van der Waals surface area contributed by atoms with Gasteiger partial charge in [0.15, 0.2) is 0 Å². The van der Waals surface area contributed by atoms with Gasteiger partial charge < -0.3 is 40.5 Å². The molecule has 2 heterocycles. The zero-order chi connectivity index (χ0) is 40.2. The Morgan fingerprint density at radius 1 is 0.577 bits per heavy atom. The number of carbonyl (C=O) groups excluding carboxylic acids is 6. The van der Waals surface area contributed by atoms with Gasteiger partial charge in [-0.2, -0.15) is 0 Å². The summed E-state index contributed by atoms with van der Waals surface area (Å²) < 4.78 is 10.2. The minimum absolute atomic E-state index is 0.139. The van der Waals surface area contributed by atoms with Crippen LogP contribution in [0.25, 0.3) is 0 Å². The Morgan fingerprint density at radius 3 is 1.13 bits per heavy atom. The molecule has 0 radical (unpaired) electrons.